The van der Waals surface area contributed by atoms with Crippen molar-refractivity contribution in [3.8, 4) is 16.2 Å². The molecular formula is C22H25N3O2S. The Hall–Kier alpha value is -2.44. The second-order valence-corrected chi connectivity index (χ2v) is 8.28. The SMILES string of the molecule is CCCc1nc2c(c(=O)[nH]1)CN(Cc1ccc(-c3ccccc3OC)s1)CC2. The molecule has 3 heterocycles. The van der Waals surface area contributed by atoms with Crippen LogP contribution >= 0.6 is 11.3 Å². The maximum atomic E-state index is 12.5. The van der Waals surface area contributed by atoms with Gasteiger partial charge in [0.25, 0.3) is 5.56 Å². The van der Waals surface area contributed by atoms with Crippen LogP contribution in [0.2, 0.25) is 0 Å². The summed E-state index contributed by atoms with van der Waals surface area (Å²) in [5, 5.41) is 0. The van der Waals surface area contributed by atoms with E-state index in [1.807, 2.05) is 18.2 Å². The first-order chi connectivity index (χ1) is 13.7. The van der Waals surface area contributed by atoms with Gasteiger partial charge >= 0.3 is 0 Å². The Labute approximate surface area is 169 Å². The van der Waals surface area contributed by atoms with Gasteiger partial charge in [0, 0.05) is 47.8 Å². The molecule has 146 valence electrons. The molecule has 1 N–H and O–H groups in total. The van der Waals surface area contributed by atoms with Crippen LogP contribution < -0.4 is 10.3 Å². The number of aryl methyl sites for hydroxylation is 1. The summed E-state index contributed by atoms with van der Waals surface area (Å²) in [6.07, 6.45) is 2.65. The number of aromatic nitrogens is 2. The van der Waals surface area contributed by atoms with Crippen LogP contribution in [-0.4, -0.2) is 28.5 Å². The Morgan fingerprint density at radius 2 is 2.11 bits per heavy atom. The van der Waals surface area contributed by atoms with E-state index >= 15 is 0 Å². The Kier molecular flexibility index (Phi) is 5.59. The van der Waals surface area contributed by atoms with E-state index in [2.05, 4.69) is 40.0 Å². The largest absolute Gasteiger partial charge is 0.496 e. The van der Waals surface area contributed by atoms with Crippen LogP contribution in [0, 0.1) is 0 Å². The quantitative estimate of drug-likeness (QED) is 0.685. The maximum absolute atomic E-state index is 12.5. The fourth-order valence-corrected chi connectivity index (χ4v) is 4.78. The number of hydrogen-bond donors (Lipinski definition) is 1. The summed E-state index contributed by atoms with van der Waals surface area (Å²) in [6.45, 7) is 4.53. The summed E-state index contributed by atoms with van der Waals surface area (Å²) in [5.74, 6) is 1.71. The smallest absolute Gasteiger partial charge is 0.255 e. The highest BCUT2D eigenvalue weighted by molar-refractivity contribution is 7.15. The van der Waals surface area contributed by atoms with E-state index in [0.717, 1.165) is 60.7 Å². The molecule has 2 aromatic heterocycles. The third-order valence-corrected chi connectivity index (χ3v) is 6.20. The number of thiophene rings is 1. The van der Waals surface area contributed by atoms with E-state index in [9.17, 15) is 4.79 Å². The van der Waals surface area contributed by atoms with Crippen LogP contribution in [0.3, 0.4) is 0 Å². The van der Waals surface area contributed by atoms with Gasteiger partial charge in [-0.3, -0.25) is 9.69 Å². The molecule has 0 bridgehead atoms. The summed E-state index contributed by atoms with van der Waals surface area (Å²) >= 11 is 1.78. The molecule has 28 heavy (non-hydrogen) atoms. The van der Waals surface area contributed by atoms with Crippen molar-refractivity contribution in [2.75, 3.05) is 13.7 Å². The second-order valence-electron chi connectivity index (χ2n) is 7.11. The number of fused-ring (bicyclic) bond motifs is 1. The van der Waals surface area contributed by atoms with Crippen molar-refractivity contribution in [3.63, 3.8) is 0 Å². The van der Waals surface area contributed by atoms with Gasteiger partial charge in [0.15, 0.2) is 0 Å². The van der Waals surface area contributed by atoms with E-state index < -0.39 is 0 Å². The van der Waals surface area contributed by atoms with Crippen molar-refractivity contribution in [1.82, 2.24) is 14.9 Å². The number of ether oxygens (including phenoxy) is 1. The Morgan fingerprint density at radius 3 is 2.93 bits per heavy atom. The first-order valence-corrected chi connectivity index (χ1v) is 10.5. The molecule has 3 aromatic rings. The summed E-state index contributed by atoms with van der Waals surface area (Å²) in [4.78, 5) is 24.9. The van der Waals surface area contributed by atoms with Crippen molar-refractivity contribution >= 4 is 11.3 Å². The normalized spacial score (nSPS) is 14.1. The monoisotopic (exact) mass is 395 g/mol. The molecule has 0 amide bonds. The molecule has 0 spiro atoms. The van der Waals surface area contributed by atoms with Crippen LogP contribution in [0.5, 0.6) is 5.75 Å². The number of nitrogens with one attached hydrogen (secondary N) is 1. The number of methoxy groups -OCH3 is 1. The minimum absolute atomic E-state index is 0.0269. The highest BCUT2D eigenvalue weighted by Gasteiger charge is 2.21. The van der Waals surface area contributed by atoms with E-state index in [0.29, 0.717) is 6.54 Å². The average molecular weight is 396 g/mol. The van der Waals surface area contributed by atoms with Gasteiger partial charge in [-0.2, -0.15) is 0 Å². The highest BCUT2D eigenvalue weighted by atomic mass is 32.1. The lowest BCUT2D eigenvalue weighted by molar-refractivity contribution is 0.243. The predicted molar refractivity (Wildman–Crippen MR) is 113 cm³/mol. The molecule has 6 heteroatoms. The first-order valence-electron chi connectivity index (χ1n) is 9.73. The molecule has 0 atom stereocenters. The summed E-state index contributed by atoms with van der Waals surface area (Å²) in [7, 11) is 1.70. The molecule has 0 fully saturated rings. The maximum Gasteiger partial charge on any atom is 0.255 e. The summed E-state index contributed by atoms with van der Waals surface area (Å²) in [6, 6.07) is 12.4. The molecule has 5 nitrogen and oxygen atoms in total. The van der Waals surface area contributed by atoms with Crippen LogP contribution in [0.25, 0.3) is 10.4 Å². The topological polar surface area (TPSA) is 58.2 Å². The number of H-pyrrole nitrogens is 1. The number of para-hydroxylation sites is 1. The third kappa shape index (κ3) is 3.88. The molecule has 0 aliphatic carbocycles. The highest BCUT2D eigenvalue weighted by Crippen LogP contribution is 2.35. The van der Waals surface area contributed by atoms with Crippen molar-refractivity contribution in [3.05, 3.63) is 68.7 Å². The molecular weight excluding hydrogens is 370 g/mol. The zero-order valence-corrected chi connectivity index (χ0v) is 17.1. The summed E-state index contributed by atoms with van der Waals surface area (Å²) in [5.41, 5.74) is 2.95. The van der Waals surface area contributed by atoms with E-state index in [4.69, 9.17) is 4.74 Å². The third-order valence-electron chi connectivity index (χ3n) is 5.10. The predicted octanol–water partition coefficient (Wildman–Crippen LogP) is 4.02. The van der Waals surface area contributed by atoms with Crippen molar-refractivity contribution in [2.45, 2.75) is 39.3 Å². The first kappa shape index (κ1) is 18.9. The molecule has 0 saturated carbocycles. The zero-order chi connectivity index (χ0) is 19.5. The van der Waals surface area contributed by atoms with Gasteiger partial charge < -0.3 is 9.72 Å². The molecule has 1 aliphatic heterocycles. The molecule has 1 aliphatic rings. The van der Waals surface area contributed by atoms with Gasteiger partial charge in [-0.05, 0) is 30.7 Å². The van der Waals surface area contributed by atoms with E-state index in [1.54, 1.807) is 18.4 Å². The van der Waals surface area contributed by atoms with Crippen LogP contribution in [0.1, 0.15) is 35.3 Å². The number of rotatable bonds is 6. The van der Waals surface area contributed by atoms with Gasteiger partial charge in [0.2, 0.25) is 0 Å². The van der Waals surface area contributed by atoms with Crippen LogP contribution in [0.4, 0.5) is 0 Å². The lowest BCUT2D eigenvalue weighted by Crippen LogP contribution is -2.35. The molecule has 0 radical (unpaired) electrons. The lowest BCUT2D eigenvalue weighted by atomic mass is 10.1. The zero-order valence-electron chi connectivity index (χ0n) is 16.3. The average Bonchev–Trinajstić information content (AvgIpc) is 3.17. The molecule has 4 rings (SSSR count). The molecule has 0 saturated heterocycles. The Morgan fingerprint density at radius 1 is 1.25 bits per heavy atom. The number of nitrogens with zero attached hydrogens (tertiary/aromatic N) is 2. The van der Waals surface area contributed by atoms with Crippen molar-refractivity contribution in [1.29, 1.82) is 0 Å². The fourth-order valence-electron chi connectivity index (χ4n) is 3.70. The second kappa shape index (κ2) is 8.29. The minimum Gasteiger partial charge on any atom is -0.496 e. The fraction of sp³-hybridized carbons (Fsp3) is 0.364. The standard InChI is InChI=1S/C22H25N3O2S/c1-3-6-21-23-18-11-12-25(14-17(18)22(26)24-21)13-15-9-10-20(28-15)16-7-4-5-8-19(16)27-2/h4-5,7-10H,3,6,11-14H2,1-2H3,(H,23,24,26). The number of aromatic amines is 1. The minimum atomic E-state index is 0.0269. The number of hydrogen-bond acceptors (Lipinski definition) is 5. The van der Waals surface area contributed by atoms with E-state index in [-0.39, 0.29) is 5.56 Å². The molecule has 1 aromatic carbocycles. The van der Waals surface area contributed by atoms with Gasteiger partial charge in [-0.15, -0.1) is 11.3 Å². The Balaban J connectivity index is 1.50. The van der Waals surface area contributed by atoms with Gasteiger partial charge in [-0.1, -0.05) is 19.1 Å². The van der Waals surface area contributed by atoms with Crippen LogP contribution in [-0.2, 0) is 25.9 Å². The summed E-state index contributed by atoms with van der Waals surface area (Å²) < 4.78 is 5.49. The lowest BCUT2D eigenvalue weighted by Gasteiger charge is -2.27. The number of benzene rings is 1. The Bertz CT molecular complexity index is 1020. The van der Waals surface area contributed by atoms with Crippen LogP contribution in [0.15, 0.2) is 41.2 Å². The van der Waals surface area contributed by atoms with E-state index in [1.165, 1.54) is 9.75 Å². The van der Waals surface area contributed by atoms with Crippen molar-refractivity contribution < 1.29 is 4.74 Å². The van der Waals surface area contributed by atoms with Crippen molar-refractivity contribution in [2.24, 2.45) is 0 Å². The van der Waals surface area contributed by atoms with Gasteiger partial charge in [0.05, 0.1) is 18.4 Å². The molecule has 0 unspecified atom stereocenters. The van der Waals surface area contributed by atoms with Gasteiger partial charge in [0.1, 0.15) is 11.6 Å². The van der Waals surface area contributed by atoms with Gasteiger partial charge in [-0.25, -0.2) is 4.98 Å².